The highest BCUT2D eigenvalue weighted by Crippen LogP contribution is 2.16. The maximum absolute atomic E-state index is 12.0. The van der Waals surface area contributed by atoms with Crippen molar-refractivity contribution >= 4 is 5.91 Å². The summed E-state index contributed by atoms with van der Waals surface area (Å²) >= 11 is 0. The van der Waals surface area contributed by atoms with Crippen LogP contribution in [0.3, 0.4) is 0 Å². The number of rotatable bonds is 1. The molecule has 3 nitrogen and oxygen atoms in total. The number of hydrogen-bond acceptors (Lipinski definition) is 2. The number of likely N-dealkylation sites (tertiary alicyclic amines) is 1. The summed E-state index contributed by atoms with van der Waals surface area (Å²) in [5, 5.41) is 1.55. The fraction of sp³-hybridized carbons (Fsp3) is 0.875. The van der Waals surface area contributed by atoms with Crippen LogP contribution < -0.4 is 5.32 Å². The Hall–Kier alpha value is -0.780. The van der Waals surface area contributed by atoms with Gasteiger partial charge in [-0.3, -0.25) is 4.79 Å². The van der Waals surface area contributed by atoms with Crippen molar-refractivity contribution in [2.24, 2.45) is 0 Å². The van der Waals surface area contributed by atoms with Crippen LogP contribution in [0.25, 0.3) is 0 Å². The first-order valence-electron chi connectivity index (χ1n) is 4.48. The second-order valence-corrected chi connectivity index (χ2v) is 3.45. The van der Waals surface area contributed by atoms with E-state index in [1.807, 2.05) is 0 Å². The predicted octanol–water partition coefficient (Wildman–Crippen LogP) is 1.11. The van der Waals surface area contributed by atoms with E-state index in [0.29, 0.717) is 19.4 Å². The molecule has 0 spiro atoms. The first-order chi connectivity index (χ1) is 6.38. The highest BCUT2D eigenvalue weighted by molar-refractivity contribution is 5.73. The Labute approximate surface area is 80.3 Å². The van der Waals surface area contributed by atoms with E-state index in [0.717, 1.165) is 0 Å². The largest absolute Gasteiger partial charge is 0.457 e. The Morgan fingerprint density at radius 1 is 1.50 bits per heavy atom. The van der Waals surface area contributed by atoms with Crippen LogP contribution in [0.1, 0.15) is 19.8 Å². The average molecular weight is 210 g/mol. The smallest absolute Gasteiger partial charge is 0.341 e. The van der Waals surface area contributed by atoms with Crippen molar-refractivity contribution in [2.45, 2.75) is 32.1 Å². The molecule has 0 radical (unpaired) electrons. The van der Waals surface area contributed by atoms with E-state index in [1.165, 1.54) is 11.8 Å². The number of carbonyl (C=O) groups is 1. The number of alkyl halides is 3. The number of piperidine rings is 1. The molecule has 1 aliphatic rings. The summed E-state index contributed by atoms with van der Waals surface area (Å²) in [6.07, 6.45) is -3.28. The van der Waals surface area contributed by atoms with Gasteiger partial charge < -0.3 is 4.90 Å². The molecule has 1 N–H and O–H groups in total. The number of nitrogens with zero attached hydrogens (tertiary/aromatic N) is 1. The number of amides is 1. The van der Waals surface area contributed by atoms with E-state index in [2.05, 4.69) is 0 Å². The molecule has 82 valence electrons. The van der Waals surface area contributed by atoms with E-state index in [4.69, 9.17) is 0 Å². The lowest BCUT2D eigenvalue weighted by molar-refractivity contribution is -0.168. The molecule has 1 fully saturated rings. The van der Waals surface area contributed by atoms with E-state index >= 15 is 0 Å². The second kappa shape index (κ2) is 4.16. The van der Waals surface area contributed by atoms with Gasteiger partial charge in [0.15, 0.2) is 0 Å². The van der Waals surface area contributed by atoms with Crippen molar-refractivity contribution in [1.29, 1.82) is 0 Å². The van der Waals surface area contributed by atoms with Gasteiger partial charge in [0.2, 0.25) is 5.91 Å². The van der Waals surface area contributed by atoms with Crippen LogP contribution in [0.2, 0.25) is 0 Å². The van der Waals surface area contributed by atoms with Gasteiger partial charge in [0, 0.05) is 26.1 Å². The monoisotopic (exact) mass is 210 g/mol. The van der Waals surface area contributed by atoms with Gasteiger partial charge in [-0.1, -0.05) is 0 Å². The zero-order valence-corrected chi connectivity index (χ0v) is 7.90. The molecule has 1 heterocycles. The van der Waals surface area contributed by atoms with Crippen LogP contribution in [0.4, 0.5) is 13.2 Å². The molecule has 0 saturated carbocycles. The molecular formula is C8H13F3N2O. The first-order valence-corrected chi connectivity index (χ1v) is 4.48. The minimum Gasteiger partial charge on any atom is -0.341 e. The van der Waals surface area contributed by atoms with E-state index in [-0.39, 0.29) is 12.5 Å². The number of hydrogen-bond donors (Lipinski definition) is 1. The molecule has 1 unspecified atom stereocenters. The third-order valence-electron chi connectivity index (χ3n) is 2.23. The van der Waals surface area contributed by atoms with Gasteiger partial charge >= 0.3 is 6.30 Å². The Morgan fingerprint density at radius 3 is 2.64 bits per heavy atom. The highest BCUT2D eigenvalue weighted by Gasteiger charge is 2.33. The van der Waals surface area contributed by atoms with Crippen LogP contribution in [-0.2, 0) is 4.79 Å². The maximum Gasteiger partial charge on any atom is 0.457 e. The van der Waals surface area contributed by atoms with Crippen molar-refractivity contribution in [1.82, 2.24) is 10.2 Å². The molecule has 1 aliphatic heterocycles. The standard InChI is InChI=1S/C8H13F3N2O/c1-6(14)13-4-2-3-7(5-13)12-8(9,10)11/h7,12H,2-5H2,1H3. The SMILES string of the molecule is CC(=O)N1CCCC(NC(F)(F)F)C1. The molecular weight excluding hydrogens is 197 g/mol. The van der Waals surface area contributed by atoms with Gasteiger partial charge in [0.25, 0.3) is 0 Å². The fourth-order valence-electron chi connectivity index (χ4n) is 1.61. The number of carbonyl (C=O) groups excluding carboxylic acids is 1. The van der Waals surface area contributed by atoms with E-state index in [9.17, 15) is 18.0 Å². The van der Waals surface area contributed by atoms with Crippen LogP contribution in [0, 0.1) is 0 Å². The maximum atomic E-state index is 12.0. The predicted molar refractivity (Wildman–Crippen MR) is 44.5 cm³/mol. The van der Waals surface area contributed by atoms with Gasteiger partial charge in [0.1, 0.15) is 0 Å². The van der Waals surface area contributed by atoms with Gasteiger partial charge in [-0.05, 0) is 12.8 Å². The molecule has 1 rings (SSSR count). The molecule has 0 aromatic heterocycles. The molecule has 14 heavy (non-hydrogen) atoms. The Balaban J connectivity index is 2.44. The molecule has 0 aromatic carbocycles. The summed E-state index contributed by atoms with van der Waals surface area (Å²) < 4.78 is 35.9. The van der Waals surface area contributed by atoms with Gasteiger partial charge in [-0.2, -0.15) is 13.2 Å². The minimum atomic E-state index is -4.36. The van der Waals surface area contributed by atoms with Gasteiger partial charge in [0.05, 0.1) is 0 Å². The fourth-order valence-corrected chi connectivity index (χ4v) is 1.61. The average Bonchev–Trinajstić information content (AvgIpc) is 2.01. The molecule has 0 aromatic rings. The summed E-state index contributed by atoms with van der Waals surface area (Å²) in [6, 6.07) is -0.660. The van der Waals surface area contributed by atoms with Crippen LogP contribution in [0.15, 0.2) is 0 Å². The summed E-state index contributed by atoms with van der Waals surface area (Å²) in [5.74, 6) is -0.168. The highest BCUT2D eigenvalue weighted by atomic mass is 19.4. The quantitative estimate of drug-likeness (QED) is 0.657. The third kappa shape index (κ3) is 3.53. The van der Waals surface area contributed by atoms with Crippen molar-refractivity contribution in [3.05, 3.63) is 0 Å². The summed E-state index contributed by atoms with van der Waals surface area (Å²) in [5.41, 5.74) is 0. The zero-order chi connectivity index (χ0) is 10.8. The normalized spacial score (nSPS) is 23.7. The van der Waals surface area contributed by atoms with Gasteiger partial charge in [-0.15, -0.1) is 0 Å². The summed E-state index contributed by atoms with van der Waals surface area (Å²) in [6.45, 7) is 2.08. The molecule has 6 heteroatoms. The lowest BCUT2D eigenvalue weighted by atomic mass is 10.1. The summed E-state index contributed by atoms with van der Waals surface area (Å²) in [7, 11) is 0. The Bertz CT molecular complexity index is 217. The first kappa shape index (κ1) is 11.3. The lowest BCUT2D eigenvalue weighted by Crippen LogP contribution is -2.51. The van der Waals surface area contributed by atoms with E-state index in [1.54, 1.807) is 5.32 Å². The van der Waals surface area contributed by atoms with Crippen molar-refractivity contribution in [3.8, 4) is 0 Å². The van der Waals surface area contributed by atoms with Crippen molar-refractivity contribution < 1.29 is 18.0 Å². The van der Waals surface area contributed by atoms with Crippen LogP contribution in [-0.4, -0.2) is 36.2 Å². The Morgan fingerprint density at radius 2 is 2.14 bits per heavy atom. The topological polar surface area (TPSA) is 32.3 Å². The van der Waals surface area contributed by atoms with Gasteiger partial charge in [-0.25, -0.2) is 5.32 Å². The van der Waals surface area contributed by atoms with Crippen LogP contribution >= 0.6 is 0 Å². The molecule has 1 saturated heterocycles. The molecule has 0 aliphatic carbocycles. The Kier molecular flexibility index (Phi) is 3.36. The zero-order valence-electron chi connectivity index (χ0n) is 7.90. The van der Waals surface area contributed by atoms with Crippen LogP contribution in [0.5, 0.6) is 0 Å². The molecule has 1 amide bonds. The minimum absolute atomic E-state index is 0.148. The van der Waals surface area contributed by atoms with Crippen molar-refractivity contribution in [2.75, 3.05) is 13.1 Å². The molecule has 0 bridgehead atoms. The third-order valence-corrected chi connectivity index (χ3v) is 2.23. The van der Waals surface area contributed by atoms with Crippen molar-refractivity contribution in [3.63, 3.8) is 0 Å². The molecule has 1 atom stereocenters. The lowest BCUT2D eigenvalue weighted by Gasteiger charge is -2.32. The second-order valence-electron chi connectivity index (χ2n) is 3.45. The number of halogens is 3. The van der Waals surface area contributed by atoms with E-state index < -0.39 is 12.3 Å². The summed E-state index contributed by atoms with van der Waals surface area (Å²) in [4.78, 5) is 12.4. The number of nitrogens with one attached hydrogen (secondary N) is 1.